The van der Waals surface area contributed by atoms with Gasteiger partial charge in [0.1, 0.15) is 0 Å². The lowest BCUT2D eigenvalue weighted by atomic mass is 10.0. The second kappa shape index (κ2) is 7.08. The topological polar surface area (TPSA) is 82.3 Å². The molecule has 146 valence electrons. The smallest absolute Gasteiger partial charge is 0.338 e. The summed E-state index contributed by atoms with van der Waals surface area (Å²) in [6.07, 6.45) is 0. The molecule has 1 heterocycles. The van der Waals surface area contributed by atoms with Crippen molar-refractivity contribution in [2.75, 3.05) is 0 Å². The van der Waals surface area contributed by atoms with Crippen molar-refractivity contribution in [1.82, 2.24) is 10.1 Å². The Morgan fingerprint density at radius 1 is 0.933 bits per heavy atom. The largest absolute Gasteiger partial charge is 0.454 e. The van der Waals surface area contributed by atoms with Crippen LogP contribution in [0, 0.1) is 6.92 Å². The summed E-state index contributed by atoms with van der Waals surface area (Å²) in [5.74, 6) is -0.00935. The van der Waals surface area contributed by atoms with E-state index in [1.54, 1.807) is 24.3 Å². The van der Waals surface area contributed by atoms with E-state index in [-0.39, 0.29) is 18.2 Å². The molecule has 0 N–H and O–H groups in total. The van der Waals surface area contributed by atoms with Crippen LogP contribution in [0.2, 0.25) is 0 Å². The fourth-order valence-corrected chi connectivity index (χ4v) is 3.49. The Hall–Kier alpha value is -4.06. The number of esters is 1. The molecule has 1 aliphatic carbocycles. The predicted octanol–water partition coefficient (Wildman–Crippen LogP) is 4.61. The average Bonchev–Trinajstić information content (AvgIpc) is 3.36. The van der Waals surface area contributed by atoms with Crippen molar-refractivity contribution in [3.63, 3.8) is 0 Å². The van der Waals surface area contributed by atoms with Gasteiger partial charge in [-0.15, -0.1) is 0 Å². The van der Waals surface area contributed by atoms with E-state index in [0.717, 1.165) is 22.3 Å². The van der Waals surface area contributed by atoms with Crippen LogP contribution in [0.3, 0.4) is 0 Å². The molecule has 1 aliphatic rings. The number of fused-ring (bicyclic) bond motifs is 3. The molecule has 6 nitrogen and oxygen atoms in total. The Bertz CT molecular complexity index is 1290. The van der Waals surface area contributed by atoms with Crippen molar-refractivity contribution in [3.05, 3.63) is 94.8 Å². The molecule has 0 amide bonds. The second-order valence-corrected chi connectivity index (χ2v) is 7.09. The molecule has 0 fully saturated rings. The molecule has 0 atom stereocenters. The molecule has 6 heteroatoms. The number of hydrogen-bond acceptors (Lipinski definition) is 6. The summed E-state index contributed by atoms with van der Waals surface area (Å²) in [5, 5.41) is 3.86. The van der Waals surface area contributed by atoms with E-state index in [2.05, 4.69) is 10.1 Å². The molecule has 0 spiro atoms. The van der Waals surface area contributed by atoms with Gasteiger partial charge in [0.2, 0.25) is 5.82 Å². The first kappa shape index (κ1) is 18.0. The van der Waals surface area contributed by atoms with E-state index >= 15 is 0 Å². The number of rotatable bonds is 4. The third-order valence-corrected chi connectivity index (χ3v) is 5.06. The number of carbonyl (C=O) groups is 2. The predicted molar refractivity (Wildman–Crippen MR) is 109 cm³/mol. The molecule has 3 aromatic carbocycles. The highest BCUT2D eigenvalue weighted by atomic mass is 16.5. The maximum Gasteiger partial charge on any atom is 0.338 e. The molecule has 0 unspecified atom stereocenters. The number of aromatic nitrogens is 2. The first-order valence-corrected chi connectivity index (χ1v) is 9.45. The van der Waals surface area contributed by atoms with Crippen molar-refractivity contribution in [2.24, 2.45) is 0 Å². The normalized spacial score (nSPS) is 11.8. The monoisotopic (exact) mass is 396 g/mol. The maximum absolute atomic E-state index is 12.6. The van der Waals surface area contributed by atoms with Crippen molar-refractivity contribution in [3.8, 4) is 22.6 Å². The molecule has 1 aromatic heterocycles. The van der Waals surface area contributed by atoms with Gasteiger partial charge >= 0.3 is 5.97 Å². The van der Waals surface area contributed by atoms with Crippen LogP contribution in [-0.2, 0) is 11.3 Å². The highest BCUT2D eigenvalue weighted by Gasteiger charge is 2.27. The summed E-state index contributed by atoms with van der Waals surface area (Å²) in [4.78, 5) is 29.4. The first-order chi connectivity index (χ1) is 14.6. The Morgan fingerprint density at radius 2 is 1.67 bits per heavy atom. The van der Waals surface area contributed by atoms with Crippen molar-refractivity contribution >= 4 is 11.8 Å². The van der Waals surface area contributed by atoms with E-state index in [9.17, 15) is 9.59 Å². The molecule has 0 bridgehead atoms. The van der Waals surface area contributed by atoms with E-state index < -0.39 is 5.97 Å². The number of ketones is 1. The van der Waals surface area contributed by atoms with Gasteiger partial charge in [-0.25, -0.2) is 4.79 Å². The van der Waals surface area contributed by atoms with Crippen LogP contribution in [0.1, 0.15) is 37.7 Å². The lowest BCUT2D eigenvalue weighted by Crippen LogP contribution is -2.07. The van der Waals surface area contributed by atoms with Crippen molar-refractivity contribution in [2.45, 2.75) is 13.5 Å². The van der Waals surface area contributed by atoms with Crippen molar-refractivity contribution < 1.29 is 18.8 Å². The molecule has 0 radical (unpaired) electrons. The number of hydrogen-bond donors (Lipinski definition) is 0. The molecule has 5 rings (SSSR count). The van der Waals surface area contributed by atoms with Crippen molar-refractivity contribution in [1.29, 1.82) is 0 Å². The van der Waals surface area contributed by atoms with Gasteiger partial charge in [0.25, 0.3) is 5.89 Å². The molecular weight excluding hydrogens is 380 g/mol. The SMILES string of the molecule is Cc1ccc(-c2nc(COC(=O)c3ccc4c(c3)C(=O)c3ccccc3-4)no2)cc1. The molecule has 0 saturated heterocycles. The fraction of sp³-hybridized carbons (Fsp3) is 0.0833. The van der Waals surface area contributed by atoms with Crippen LogP contribution >= 0.6 is 0 Å². The molecule has 0 aliphatic heterocycles. The summed E-state index contributed by atoms with van der Waals surface area (Å²) in [6, 6.07) is 20.1. The van der Waals surface area contributed by atoms with Gasteiger partial charge < -0.3 is 9.26 Å². The standard InChI is InChI=1S/C24H16N2O4/c1-14-6-8-15(9-7-14)23-25-21(26-30-23)13-29-24(28)16-10-11-18-17-4-2-3-5-19(17)22(27)20(18)12-16/h2-12H,13H2,1H3. The summed E-state index contributed by atoms with van der Waals surface area (Å²) in [7, 11) is 0. The summed E-state index contributed by atoms with van der Waals surface area (Å²) >= 11 is 0. The van der Waals surface area contributed by atoms with Crippen LogP contribution in [0.5, 0.6) is 0 Å². The number of ether oxygens (including phenoxy) is 1. The lowest BCUT2D eigenvalue weighted by Gasteiger charge is -2.04. The van der Waals surface area contributed by atoms with E-state index in [4.69, 9.17) is 9.26 Å². The molecule has 30 heavy (non-hydrogen) atoms. The van der Waals surface area contributed by atoms with E-state index in [1.807, 2.05) is 49.4 Å². The number of nitrogens with zero attached hydrogens (tertiary/aromatic N) is 2. The van der Waals surface area contributed by atoms with E-state index in [1.165, 1.54) is 0 Å². The highest BCUT2D eigenvalue weighted by Crippen LogP contribution is 2.36. The molecule has 0 saturated carbocycles. The van der Waals surface area contributed by atoms with Crippen LogP contribution in [-0.4, -0.2) is 21.9 Å². The van der Waals surface area contributed by atoms with Gasteiger partial charge in [-0.1, -0.05) is 53.2 Å². The molecular formula is C24H16N2O4. The Labute approximate surface area is 172 Å². The fourth-order valence-electron chi connectivity index (χ4n) is 3.49. The minimum Gasteiger partial charge on any atom is -0.454 e. The molecule has 4 aromatic rings. The first-order valence-electron chi connectivity index (χ1n) is 9.45. The maximum atomic E-state index is 12.6. The van der Waals surface area contributed by atoms with Gasteiger partial charge in [-0.3, -0.25) is 4.79 Å². The minimum atomic E-state index is -0.553. The summed E-state index contributed by atoms with van der Waals surface area (Å²) < 4.78 is 10.6. The zero-order valence-electron chi connectivity index (χ0n) is 16.1. The average molecular weight is 396 g/mol. The van der Waals surface area contributed by atoms with E-state index in [0.29, 0.717) is 22.6 Å². The summed E-state index contributed by atoms with van der Waals surface area (Å²) in [6.45, 7) is 1.87. The Morgan fingerprint density at radius 3 is 2.47 bits per heavy atom. The zero-order chi connectivity index (χ0) is 20.7. The van der Waals surface area contributed by atoms with Crippen LogP contribution in [0.4, 0.5) is 0 Å². The van der Waals surface area contributed by atoms with Crippen LogP contribution < -0.4 is 0 Å². The van der Waals surface area contributed by atoms with Crippen LogP contribution in [0.25, 0.3) is 22.6 Å². The number of carbonyl (C=O) groups excluding carboxylic acids is 2. The van der Waals surface area contributed by atoms with Crippen LogP contribution in [0.15, 0.2) is 71.3 Å². The van der Waals surface area contributed by atoms with Gasteiger partial charge in [0, 0.05) is 16.7 Å². The third-order valence-electron chi connectivity index (χ3n) is 5.06. The number of aryl methyl sites for hydroxylation is 1. The quantitative estimate of drug-likeness (QED) is 0.413. The second-order valence-electron chi connectivity index (χ2n) is 7.09. The zero-order valence-corrected chi connectivity index (χ0v) is 16.1. The van der Waals surface area contributed by atoms with Gasteiger partial charge in [0.05, 0.1) is 5.56 Å². The lowest BCUT2D eigenvalue weighted by molar-refractivity contribution is 0.0459. The van der Waals surface area contributed by atoms with Gasteiger partial charge in [-0.2, -0.15) is 4.98 Å². The van der Waals surface area contributed by atoms with Gasteiger partial charge in [-0.05, 0) is 42.3 Å². The Kier molecular flexibility index (Phi) is 4.25. The highest BCUT2D eigenvalue weighted by molar-refractivity contribution is 6.22. The Balaban J connectivity index is 1.30. The van der Waals surface area contributed by atoms with Gasteiger partial charge in [0.15, 0.2) is 12.4 Å². The third kappa shape index (κ3) is 3.08. The number of benzene rings is 3. The summed E-state index contributed by atoms with van der Waals surface area (Å²) in [5.41, 5.74) is 5.09. The minimum absolute atomic E-state index is 0.0869.